The van der Waals surface area contributed by atoms with Gasteiger partial charge in [0.15, 0.2) is 0 Å². The average molecular weight is 178 g/mol. The van der Waals surface area contributed by atoms with Crippen LogP contribution in [0.2, 0.25) is 0 Å². The molecule has 0 radical (unpaired) electrons. The molecule has 1 aliphatic rings. The Balaban J connectivity index is 2.01. The molecule has 1 aliphatic carbocycles. The van der Waals surface area contributed by atoms with Crippen LogP contribution >= 0.6 is 0 Å². The molecular formula is C10H14N2O. The molecule has 1 saturated carbocycles. The minimum atomic E-state index is 0.0353. The number of aromatic hydroxyl groups is 1. The van der Waals surface area contributed by atoms with Gasteiger partial charge in [-0.05, 0) is 24.5 Å². The summed E-state index contributed by atoms with van der Waals surface area (Å²) in [5.74, 6) is 1.01. The third-order valence-electron chi connectivity index (χ3n) is 2.43. The molecule has 3 heteroatoms. The Morgan fingerprint density at radius 2 is 2.31 bits per heavy atom. The van der Waals surface area contributed by atoms with Gasteiger partial charge in [-0.15, -0.1) is 0 Å². The third kappa shape index (κ3) is 2.18. The van der Waals surface area contributed by atoms with Gasteiger partial charge in [0.1, 0.15) is 5.75 Å². The summed E-state index contributed by atoms with van der Waals surface area (Å²) in [5, 5.41) is 9.03. The highest BCUT2D eigenvalue weighted by Gasteiger charge is 2.24. The fourth-order valence-corrected chi connectivity index (χ4v) is 1.45. The van der Waals surface area contributed by atoms with E-state index in [9.17, 15) is 0 Å². The van der Waals surface area contributed by atoms with E-state index >= 15 is 0 Å². The molecule has 0 bridgehead atoms. The van der Waals surface area contributed by atoms with Crippen molar-refractivity contribution in [2.45, 2.75) is 25.3 Å². The molecule has 13 heavy (non-hydrogen) atoms. The zero-order chi connectivity index (χ0) is 9.26. The molecule has 0 saturated heterocycles. The van der Waals surface area contributed by atoms with E-state index in [0.29, 0.717) is 0 Å². The molecule has 1 aromatic rings. The van der Waals surface area contributed by atoms with Crippen molar-refractivity contribution >= 4 is 0 Å². The van der Waals surface area contributed by atoms with Gasteiger partial charge in [0.05, 0.1) is 11.9 Å². The minimum absolute atomic E-state index is 0.0353. The topological polar surface area (TPSA) is 59.1 Å². The number of rotatable bonds is 3. The lowest BCUT2D eigenvalue weighted by Crippen LogP contribution is -2.12. The summed E-state index contributed by atoms with van der Waals surface area (Å²) >= 11 is 0. The molecule has 0 aliphatic heterocycles. The standard InChI is InChI=1S/C10H14N2O/c11-9(5-7-1-2-7)10-4-3-8(13)6-12-10/h3-4,6-7,9,13H,1-2,5,11H2. The molecule has 1 heterocycles. The molecule has 0 aromatic carbocycles. The SMILES string of the molecule is NC(CC1CC1)c1ccc(O)cn1. The average Bonchev–Trinajstić information content (AvgIpc) is 2.89. The van der Waals surface area contributed by atoms with Gasteiger partial charge in [-0.2, -0.15) is 0 Å². The van der Waals surface area contributed by atoms with Gasteiger partial charge >= 0.3 is 0 Å². The summed E-state index contributed by atoms with van der Waals surface area (Å²) in [4.78, 5) is 4.08. The van der Waals surface area contributed by atoms with Crippen LogP contribution in [0.5, 0.6) is 5.75 Å². The number of hydrogen-bond donors (Lipinski definition) is 2. The van der Waals surface area contributed by atoms with Gasteiger partial charge in [0.25, 0.3) is 0 Å². The summed E-state index contributed by atoms with van der Waals surface area (Å²) in [6, 6.07) is 3.46. The Labute approximate surface area is 77.6 Å². The second-order valence-corrected chi connectivity index (χ2v) is 3.73. The van der Waals surface area contributed by atoms with E-state index in [1.54, 1.807) is 12.1 Å². The Morgan fingerprint density at radius 3 is 2.85 bits per heavy atom. The van der Waals surface area contributed by atoms with E-state index in [4.69, 9.17) is 10.8 Å². The van der Waals surface area contributed by atoms with E-state index in [1.807, 2.05) is 0 Å². The third-order valence-corrected chi connectivity index (χ3v) is 2.43. The largest absolute Gasteiger partial charge is 0.506 e. The number of nitrogens with zero attached hydrogens (tertiary/aromatic N) is 1. The van der Waals surface area contributed by atoms with Crippen molar-refractivity contribution in [2.75, 3.05) is 0 Å². The monoisotopic (exact) mass is 178 g/mol. The quantitative estimate of drug-likeness (QED) is 0.738. The van der Waals surface area contributed by atoms with E-state index in [0.717, 1.165) is 18.0 Å². The first-order chi connectivity index (χ1) is 6.25. The van der Waals surface area contributed by atoms with Gasteiger partial charge in [-0.3, -0.25) is 4.98 Å². The highest BCUT2D eigenvalue weighted by atomic mass is 16.3. The van der Waals surface area contributed by atoms with Crippen molar-refractivity contribution in [3.05, 3.63) is 24.0 Å². The van der Waals surface area contributed by atoms with Gasteiger partial charge in [-0.25, -0.2) is 0 Å². The number of hydrogen-bond acceptors (Lipinski definition) is 3. The maximum absolute atomic E-state index is 9.03. The van der Waals surface area contributed by atoms with Crippen LogP contribution < -0.4 is 5.73 Å². The van der Waals surface area contributed by atoms with Crippen LogP contribution in [0.3, 0.4) is 0 Å². The molecular weight excluding hydrogens is 164 g/mol. The van der Waals surface area contributed by atoms with Gasteiger partial charge in [0, 0.05) is 6.04 Å². The van der Waals surface area contributed by atoms with E-state index in [-0.39, 0.29) is 11.8 Å². The lowest BCUT2D eigenvalue weighted by Gasteiger charge is -2.09. The lowest BCUT2D eigenvalue weighted by atomic mass is 10.1. The van der Waals surface area contributed by atoms with Crippen molar-refractivity contribution in [3.8, 4) is 5.75 Å². The zero-order valence-corrected chi connectivity index (χ0v) is 7.48. The Hall–Kier alpha value is -1.09. The van der Waals surface area contributed by atoms with Crippen LogP contribution in [0.15, 0.2) is 18.3 Å². The van der Waals surface area contributed by atoms with E-state index < -0.39 is 0 Å². The normalized spacial score (nSPS) is 18.5. The first-order valence-corrected chi connectivity index (χ1v) is 4.66. The summed E-state index contributed by atoms with van der Waals surface area (Å²) in [6.07, 6.45) is 5.09. The Bertz CT molecular complexity index is 279. The number of nitrogens with two attached hydrogens (primary N) is 1. The van der Waals surface area contributed by atoms with Crippen molar-refractivity contribution in [1.82, 2.24) is 4.98 Å². The maximum Gasteiger partial charge on any atom is 0.133 e. The predicted octanol–water partition coefficient (Wildman–Crippen LogP) is 1.59. The molecule has 0 amide bonds. The molecule has 3 N–H and O–H groups in total. The fourth-order valence-electron chi connectivity index (χ4n) is 1.45. The van der Waals surface area contributed by atoms with Crippen LogP contribution in [0.25, 0.3) is 0 Å². The Morgan fingerprint density at radius 1 is 1.54 bits per heavy atom. The zero-order valence-electron chi connectivity index (χ0n) is 7.48. The summed E-state index contributed by atoms with van der Waals surface area (Å²) in [7, 11) is 0. The number of aromatic nitrogens is 1. The molecule has 1 unspecified atom stereocenters. The molecule has 3 nitrogen and oxygen atoms in total. The van der Waals surface area contributed by atoms with Crippen LogP contribution in [-0.2, 0) is 0 Å². The fraction of sp³-hybridized carbons (Fsp3) is 0.500. The first-order valence-electron chi connectivity index (χ1n) is 4.66. The minimum Gasteiger partial charge on any atom is -0.506 e. The highest BCUT2D eigenvalue weighted by molar-refractivity contribution is 5.19. The Kier molecular flexibility index (Phi) is 2.19. The smallest absolute Gasteiger partial charge is 0.133 e. The van der Waals surface area contributed by atoms with Crippen molar-refractivity contribution in [1.29, 1.82) is 0 Å². The van der Waals surface area contributed by atoms with E-state index in [2.05, 4.69) is 4.98 Å². The summed E-state index contributed by atoms with van der Waals surface area (Å²) in [5.41, 5.74) is 6.82. The molecule has 0 spiro atoms. The van der Waals surface area contributed by atoms with Crippen LogP contribution in [0.1, 0.15) is 31.0 Å². The lowest BCUT2D eigenvalue weighted by molar-refractivity contribution is 0.470. The molecule has 1 aromatic heterocycles. The van der Waals surface area contributed by atoms with Crippen LogP contribution in [0, 0.1) is 5.92 Å². The highest BCUT2D eigenvalue weighted by Crippen LogP contribution is 2.36. The van der Waals surface area contributed by atoms with Crippen LogP contribution in [-0.4, -0.2) is 10.1 Å². The van der Waals surface area contributed by atoms with Crippen molar-refractivity contribution in [3.63, 3.8) is 0 Å². The van der Waals surface area contributed by atoms with Gasteiger partial charge in [-0.1, -0.05) is 12.8 Å². The first kappa shape index (κ1) is 8.51. The van der Waals surface area contributed by atoms with Crippen molar-refractivity contribution < 1.29 is 5.11 Å². The van der Waals surface area contributed by atoms with Gasteiger partial charge in [0.2, 0.25) is 0 Å². The second-order valence-electron chi connectivity index (χ2n) is 3.73. The predicted molar refractivity (Wildman–Crippen MR) is 50.2 cm³/mol. The summed E-state index contributed by atoms with van der Waals surface area (Å²) in [6.45, 7) is 0. The molecule has 1 atom stereocenters. The van der Waals surface area contributed by atoms with E-state index in [1.165, 1.54) is 19.0 Å². The molecule has 1 fully saturated rings. The number of pyridine rings is 1. The van der Waals surface area contributed by atoms with Crippen LogP contribution in [0.4, 0.5) is 0 Å². The maximum atomic E-state index is 9.03. The molecule has 70 valence electrons. The summed E-state index contributed by atoms with van der Waals surface area (Å²) < 4.78 is 0. The molecule has 2 rings (SSSR count). The second kappa shape index (κ2) is 3.34. The van der Waals surface area contributed by atoms with Gasteiger partial charge < -0.3 is 10.8 Å². The van der Waals surface area contributed by atoms with Crippen molar-refractivity contribution in [2.24, 2.45) is 11.7 Å².